The van der Waals surface area contributed by atoms with E-state index >= 15 is 0 Å². The van der Waals surface area contributed by atoms with Crippen molar-refractivity contribution >= 4 is 11.9 Å². The Bertz CT molecular complexity index is 593. The van der Waals surface area contributed by atoms with Gasteiger partial charge in [0, 0.05) is 6.54 Å². The number of hydrogen-bond donors (Lipinski definition) is 1. The Labute approximate surface area is 137 Å². The van der Waals surface area contributed by atoms with Gasteiger partial charge in [-0.25, -0.2) is 4.79 Å². The van der Waals surface area contributed by atoms with Crippen LogP contribution >= 0.6 is 0 Å². The van der Waals surface area contributed by atoms with Gasteiger partial charge >= 0.3 is 6.03 Å². The smallest absolute Gasteiger partial charge is 0.325 e. The van der Waals surface area contributed by atoms with Crippen LogP contribution in [0.2, 0.25) is 0 Å². The highest BCUT2D eigenvalue weighted by atomic mass is 16.5. The maximum absolute atomic E-state index is 12.9. The van der Waals surface area contributed by atoms with Gasteiger partial charge in [0.1, 0.15) is 11.3 Å². The fraction of sp³-hybridized carbons (Fsp3) is 0.556. The second-order valence-electron chi connectivity index (χ2n) is 6.70. The number of rotatable bonds is 4. The summed E-state index contributed by atoms with van der Waals surface area (Å²) in [6.45, 7) is 2.31. The molecule has 5 heteroatoms. The van der Waals surface area contributed by atoms with Crippen molar-refractivity contribution < 1.29 is 14.3 Å². The van der Waals surface area contributed by atoms with Crippen molar-refractivity contribution in [2.24, 2.45) is 5.92 Å². The van der Waals surface area contributed by atoms with Gasteiger partial charge in [-0.05, 0) is 43.4 Å². The first-order chi connectivity index (χ1) is 11.0. The standard InChI is InChI=1S/C18H24N2O3/c1-18(14-8-10-15(23-2)11-9-14)16(21)20(17(22)19-18)12-13-6-4-3-5-7-13/h8-11,13H,3-7,12H2,1-2H3,(H,19,22)/t18-/m0/s1. The number of methoxy groups -OCH3 is 1. The van der Waals surface area contributed by atoms with Gasteiger partial charge in [0.15, 0.2) is 0 Å². The first-order valence-corrected chi connectivity index (χ1v) is 8.33. The third-order valence-electron chi connectivity index (χ3n) is 5.11. The normalized spacial score (nSPS) is 25.6. The Balaban J connectivity index is 1.78. The van der Waals surface area contributed by atoms with Crippen LogP contribution < -0.4 is 10.1 Å². The summed E-state index contributed by atoms with van der Waals surface area (Å²) in [5.74, 6) is 1.02. The molecule has 5 nitrogen and oxygen atoms in total. The zero-order chi connectivity index (χ0) is 16.4. The number of ether oxygens (including phenoxy) is 1. The van der Waals surface area contributed by atoms with E-state index in [2.05, 4.69) is 5.32 Å². The van der Waals surface area contributed by atoms with E-state index in [1.54, 1.807) is 14.0 Å². The number of hydrogen-bond acceptors (Lipinski definition) is 3. The summed E-state index contributed by atoms with van der Waals surface area (Å²) >= 11 is 0. The number of imide groups is 1. The van der Waals surface area contributed by atoms with Gasteiger partial charge in [0.2, 0.25) is 0 Å². The zero-order valence-corrected chi connectivity index (χ0v) is 13.8. The van der Waals surface area contributed by atoms with Crippen molar-refractivity contribution in [1.82, 2.24) is 10.2 Å². The molecule has 1 aromatic rings. The maximum atomic E-state index is 12.9. The van der Waals surface area contributed by atoms with E-state index in [1.165, 1.54) is 24.2 Å². The summed E-state index contributed by atoms with van der Waals surface area (Å²) in [6.07, 6.45) is 5.88. The predicted molar refractivity (Wildman–Crippen MR) is 87.2 cm³/mol. The molecule has 0 spiro atoms. The number of nitrogens with one attached hydrogen (secondary N) is 1. The Morgan fingerprint density at radius 3 is 2.43 bits per heavy atom. The number of carbonyl (C=O) groups excluding carboxylic acids is 2. The number of carbonyl (C=O) groups is 2. The molecule has 0 aromatic heterocycles. The molecule has 3 amide bonds. The molecule has 1 aromatic carbocycles. The van der Waals surface area contributed by atoms with Crippen molar-refractivity contribution in [3.63, 3.8) is 0 Å². The molecule has 1 aliphatic heterocycles. The highest BCUT2D eigenvalue weighted by molar-refractivity contribution is 6.07. The molecule has 124 valence electrons. The van der Waals surface area contributed by atoms with Crippen LogP contribution in [-0.2, 0) is 10.3 Å². The summed E-state index contributed by atoms with van der Waals surface area (Å²) in [5.41, 5.74) is -0.208. The van der Waals surface area contributed by atoms with Crippen molar-refractivity contribution in [1.29, 1.82) is 0 Å². The average Bonchev–Trinajstić information content (AvgIpc) is 2.80. The molecule has 1 N–H and O–H groups in total. The van der Waals surface area contributed by atoms with Crippen LogP contribution in [-0.4, -0.2) is 30.5 Å². The SMILES string of the molecule is COc1ccc([C@]2(C)NC(=O)N(CC3CCCCC3)C2=O)cc1. The molecule has 0 bridgehead atoms. The Kier molecular flexibility index (Phi) is 4.28. The van der Waals surface area contributed by atoms with E-state index in [0.29, 0.717) is 12.5 Å². The van der Waals surface area contributed by atoms with Gasteiger partial charge < -0.3 is 10.1 Å². The van der Waals surface area contributed by atoms with Crippen molar-refractivity contribution in [3.8, 4) is 5.75 Å². The van der Waals surface area contributed by atoms with Crippen LogP contribution in [0.3, 0.4) is 0 Å². The van der Waals surface area contributed by atoms with Crippen LogP contribution in [0, 0.1) is 5.92 Å². The van der Waals surface area contributed by atoms with Gasteiger partial charge in [-0.15, -0.1) is 0 Å². The Hall–Kier alpha value is -2.04. The molecule has 1 aliphatic carbocycles. The molecule has 0 unspecified atom stereocenters. The predicted octanol–water partition coefficient (Wildman–Crippen LogP) is 3.04. The van der Waals surface area contributed by atoms with Crippen molar-refractivity contribution in [2.45, 2.75) is 44.6 Å². The lowest BCUT2D eigenvalue weighted by Crippen LogP contribution is -2.41. The van der Waals surface area contributed by atoms with E-state index in [4.69, 9.17) is 4.74 Å². The van der Waals surface area contributed by atoms with Gasteiger partial charge in [-0.3, -0.25) is 9.69 Å². The topological polar surface area (TPSA) is 58.6 Å². The maximum Gasteiger partial charge on any atom is 0.325 e. The van der Waals surface area contributed by atoms with E-state index in [9.17, 15) is 9.59 Å². The molecule has 2 aliphatic rings. The van der Waals surface area contributed by atoms with Crippen LogP contribution in [0.25, 0.3) is 0 Å². The molecule has 2 fully saturated rings. The Morgan fingerprint density at radius 2 is 1.83 bits per heavy atom. The number of nitrogens with zero attached hydrogens (tertiary/aromatic N) is 1. The monoisotopic (exact) mass is 316 g/mol. The molecule has 1 saturated heterocycles. The molecule has 1 atom stereocenters. The largest absolute Gasteiger partial charge is 0.497 e. The quantitative estimate of drug-likeness (QED) is 0.869. The summed E-state index contributed by atoms with van der Waals surface area (Å²) in [7, 11) is 1.60. The summed E-state index contributed by atoms with van der Waals surface area (Å²) in [6, 6.07) is 7.01. The van der Waals surface area contributed by atoms with Crippen molar-refractivity contribution in [3.05, 3.63) is 29.8 Å². The minimum absolute atomic E-state index is 0.154. The highest BCUT2D eigenvalue weighted by Crippen LogP contribution is 2.32. The average molecular weight is 316 g/mol. The minimum atomic E-state index is -0.988. The highest BCUT2D eigenvalue weighted by Gasteiger charge is 2.49. The van der Waals surface area contributed by atoms with Crippen LogP contribution in [0.4, 0.5) is 4.79 Å². The molecule has 23 heavy (non-hydrogen) atoms. The lowest BCUT2D eigenvalue weighted by Gasteiger charge is -2.26. The van der Waals surface area contributed by atoms with Gasteiger partial charge in [0.05, 0.1) is 7.11 Å². The first-order valence-electron chi connectivity index (χ1n) is 8.33. The fourth-order valence-corrected chi connectivity index (χ4v) is 3.61. The van der Waals surface area contributed by atoms with Gasteiger partial charge in [-0.1, -0.05) is 31.4 Å². The molecular formula is C18H24N2O3. The van der Waals surface area contributed by atoms with Crippen molar-refractivity contribution in [2.75, 3.05) is 13.7 Å². The molecular weight excluding hydrogens is 292 g/mol. The summed E-state index contributed by atoms with van der Waals surface area (Å²) in [5, 5.41) is 2.87. The van der Waals surface area contributed by atoms with Crippen LogP contribution in [0.15, 0.2) is 24.3 Å². The lowest BCUT2D eigenvalue weighted by molar-refractivity contribution is -0.131. The lowest BCUT2D eigenvalue weighted by atomic mass is 9.88. The third-order valence-corrected chi connectivity index (χ3v) is 5.11. The van der Waals surface area contributed by atoms with E-state index in [-0.39, 0.29) is 11.9 Å². The minimum Gasteiger partial charge on any atom is -0.497 e. The number of benzene rings is 1. The molecule has 1 saturated carbocycles. The molecule has 1 heterocycles. The summed E-state index contributed by atoms with van der Waals surface area (Å²) in [4.78, 5) is 26.6. The fourth-order valence-electron chi connectivity index (χ4n) is 3.61. The van der Waals surface area contributed by atoms with Crippen LogP contribution in [0.5, 0.6) is 5.75 Å². The molecule has 0 radical (unpaired) electrons. The number of amides is 3. The van der Waals surface area contributed by atoms with E-state index in [0.717, 1.165) is 24.2 Å². The number of urea groups is 1. The summed E-state index contributed by atoms with van der Waals surface area (Å²) < 4.78 is 5.15. The van der Waals surface area contributed by atoms with E-state index in [1.807, 2.05) is 24.3 Å². The Morgan fingerprint density at radius 1 is 1.17 bits per heavy atom. The van der Waals surface area contributed by atoms with Gasteiger partial charge in [-0.2, -0.15) is 0 Å². The zero-order valence-electron chi connectivity index (χ0n) is 13.8. The second kappa shape index (κ2) is 6.22. The van der Waals surface area contributed by atoms with Crippen LogP contribution in [0.1, 0.15) is 44.6 Å². The second-order valence-corrected chi connectivity index (χ2v) is 6.70. The van der Waals surface area contributed by atoms with E-state index < -0.39 is 5.54 Å². The van der Waals surface area contributed by atoms with Gasteiger partial charge in [0.25, 0.3) is 5.91 Å². The molecule has 3 rings (SSSR count). The third kappa shape index (κ3) is 2.92. The first kappa shape index (κ1) is 15.8.